The molecule has 1 aliphatic rings. The number of nitrogens with zero attached hydrogens (tertiary/aromatic N) is 3. The Morgan fingerprint density at radius 2 is 1.65 bits per heavy atom. The summed E-state index contributed by atoms with van der Waals surface area (Å²) in [6, 6.07) is 14.5. The van der Waals surface area contributed by atoms with Crippen molar-refractivity contribution < 1.29 is 17.7 Å². The van der Waals surface area contributed by atoms with Crippen LogP contribution in [0.4, 0.5) is 5.69 Å². The van der Waals surface area contributed by atoms with E-state index in [2.05, 4.69) is 10.1 Å². The Bertz CT molecular complexity index is 1210. The van der Waals surface area contributed by atoms with Crippen LogP contribution in [0.1, 0.15) is 28.5 Å². The topological polar surface area (TPSA) is 83.7 Å². The van der Waals surface area contributed by atoms with Crippen LogP contribution in [0.25, 0.3) is 11.3 Å². The van der Waals surface area contributed by atoms with Crippen LogP contribution in [0.5, 0.6) is 0 Å². The van der Waals surface area contributed by atoms with Gasteiger partial charge in [0.25, 0.3) is 0 Å². The van der Waals surface area contributed by atoms with Gasteiger partial charge in [0, 0.05) is 49.1 Å². The number of aromatic nitrogens is 1. The number of hydrogen-bond acceptors (Lipinski definition) is 6. The van der Waals surface area contributed by atoms with E-state index in [1.165, 1.54) is 4.31 Å². The maximum absolute atomic E-state index is 13.4. The summed E-state index contributed by atoms with van der Waals surface area (Å²) in [5, 5.41) is 3.89. The van der Waals surface area contributed by atoms with Crippen LogP contribution in [0.3, 0.4) is 0 Å². The zero-order valence-electron chi connectivity index (χ0n) is 17.8. The first-order valence-corrected chi connectivity index (χ1v) is 11.6. The molecule has 0 N–H and O–H groups in total. The Kier molecular flexibility index (Phi) is 5.68. The van der Waals surface area contributed by atoms with Crippen molar-refractivity contribution in [1.82, 2.24) is 9.46 Å². The summed E-state index contributed by atoms with van der Waals surface area (Å²) in [5.74, 6) is 0.577. The summed E-state index contributed by atoms with van der Waals surface area (Å²) in [7, 11) is -3.64. The van der Waals surface area contributed by atoms with Gasteiger partial charge in [-0.25, -0.2) is 8.42 Å². The Hall–Kier alpha value is -2.97. The normalized spacial score (nSPS) is 15.3. The molecule has 0 bridgehead atoms. The zero-order chi connectivity index (χ0) is 22.2. The summed E-state index contributed by atoms with van der Waals surface area (Å²) in [6.07, 6.45) is 0. The van der Waals surface area contributed by atoms with Gasteiger partial charge in [-0.05, 0) is 56.7 Å². The highest BCUT2D eigenvalue weighted by Crippen LogP contribution is 2.28. The maximum Gasteiger partial charge on any atom is 0.243 e. The molecule has 1 aromatic heterocycles. The minimum atomic E-state index is -3.64. The summed E-state index contributed by atoms with van der Waals surface area (Å²) >= 11 is 0. The number of ketones is 1. The summed E-state index contributed by atoms with van der Waals surface area (Å²) in [4.78, 5) is 13.9. The third-order valence-electron chi connectivity index (χ3n) is 5.60. The number of aryl methyl sites for hydroxylation is 2. The molecule has 162 valence electrons. The first-order valence-electron chi connectivity index (χ1n) is 10.2. The van der Waals surface area contributed by atoms with Gasteiger partial charge in [-0.15, -0.1) is 0 Å². The van der Waals surface area contributed by atoms with Crippen molar-refractivity contribution >= 4 is 21.5 Å². The van der Waals surface area contributed by atoms with Gasteiger partial charge < -0.3 is 9.42 Å². The number of anilines is 1. The molecule has 0 amide bonds. The molecular formula is C23H25N3O4S. The lowest BCUT2D eigenvalue weighted by Gasteiger charge is -2.35. The predicted octanol–water partition coefficient (Wildman–Crippen LogP) is 3.67. The number of hydrogen-bond donors (Lipinski definition) is 0. The number of sulfonamides is 1. The molecule has 0 aliphatic carbocycles. The Morgan fingerprint density at radius 3 is 2.23 bits per heavy atom. The highest BCUT2D eigenvalue weighted by molar-refractivity contribution is 7.89. The van der Waals surface area contributed by atoms with Crippen LogP contribution in [0.2, 0.25) is 0 Å². The lowest BCUT2D eigenvalue weighted by molar-refractivity contribution is 0.101. The van der Waals surface area contributed by atoms with Crippen molar-refractivity contribution in [1.29, 1.82) is 0 Å². The fraction of sp³-hybridized carbons (Fsp3) is 0.304. The largest absolute Gasteiger partial charge is 0.369 e. The lowest BCUT2D eigenvalue weighted by Crippen LogP contribution is -2.48. The quantitative estimate of drug-likeness (QED) is 0.564. The molecule has 0 unspecified atom stereocenters. The van der Waals surface area contributed by atoms with E-state index in [9.17, 15) is 13.2 Å². The van der Waals surface area contributed by atoms with Crippen LogP contribution >= 0.6 is 0 Å². The summed E-state index contributed by atoms with van der Waals surface area (Å²) < 4.78 is 33.6. The van der Waals surface area contributed by atoms with Gasteiger partial charge in [0.1, 0.15) is 0 Å². The molecule has 3 aromatic rings. The molecule has 1 fully saturated rings. The molecule has 1 saturated heterocycles. The number of carbonyl (C=O) groups is 1. The van der Waals surface area contributed by atoms with E-state index < -0.39 is 10.0 Å². The average Bonchev–Trinajstić information content (AvgIpc) is 3.20. The van der Waals surface area contributed by atoms with Crippen molar-refractivity contribution in [3.63, 3.8) is 0 Å². The Morgan fingerprint density at radius 1 is 0.968 bits per heavy atom. The summed E-state index contributed by atoms with van der Waals surface area (Å²) in [6.45, 7) is 7.11. The smallest absolute Gasteiger partial charge is 0.243 e. The van der Waals surface area contributed by atoms with Crippen molar-refractivity contribution in [3.8, 4) is 11.3 Å². The van der Waals surface area contributed by atoms with Crippen molar-refractivity contribution in [3.05, 3.63) is 65.4 Å². The summed E-state index contributed by atoms with van der Waals surface area (Å²) in [5.41, 5.74) is 3.78. The highest BCUT2D eigenvalue weighted by Gasteiger charge is 2.30. The molecule has 1 aliphatic heterocycles. The van der Waals surface area contributed by atoms with Gasteiger partial charge in [0.2, 0.25) is 10.0 Å². The van der Waals surface area contributed by atoms with Crippen LogP contribution in [-0.2, 0) is 10.0 Å². The van der Waals surface area contributed by atoms with Crippen LogP contribution in [-0.4, -0.2) is 49.8 Å². The molecule has 7 nitrogen and oxygen atoms in total. The standard InChI is InChI=1S/C23H25N3O4S/c1-16-4-5-20(22-14-17(2)24-30-22)15-23(16)31(28,29)26-12-10-25(11-13-26)21-8-6-19(7-9-21)18(3)27/h4-9,14-15H,10-13H2,1-3H3. The minimum Gasteiger partial charge on any atom is -0.369 e. The second kappa shape index (κ2) is 8.28. The molecule has 0 atom stereocenters. The molecule has 0 saturated carbocycles. The van der Waals surface area contributed by atoms with Crippen LogP contribution < -0.4 is 4.90 Å². The Labute approximate surface area is 182 Å². The Balaban J connectivity index is 1.52. The van der Waals surface area contributed by atoms with E-state index in [0.717, 1.165) is 11.4 Å². The fourth-order valence-corrected chi connectivity index (χ4v) is 5.44. The monoisotopic (exact) mass is 439 g/mol. The lowest BCUT2D eigenvalue weighted by atomic mass is 10.1. The highest BCUT2D eigenvalue weighted by atomic mass is 32.2. The number of Topliss-reactive ketones (excluding diaryl/α,β-unsaturated/α-hetero) is 1. The molecular weight excluding hydrogens is 414 g/mol. The molecule has 4 rings (SSSR count). The van der Waals surface area contributed by atoms with E-state index in [0.29, 0.717) is 53.5 Å². The first kappa shape index (κ1) is 21.3. The second-order valence-corrected chi connectivity index (χ2v) is 9.71. The van der Waals surface area contributed by atoms with E-state index in [-0.39, 0.29) is 5.78 Å². The number of rotatable bonds is 5. The molecule has 8 heteroatoms. The van der Waals surface area contributed by atoms with Crippen molar-refractivity contribution in [2.45, 2.75) is 25.7 Å². The average molecular weight is 440 g/mol. The molecule has 0 radical (unpaired) electrons. The SMILES string of the molecule is CC(=O)c1ccc(N2CCN(S(=O)(=O)c3cc(-c4cc(C)no4)ccc3C)CC2)cc1. The minimum absolute atomic E-state index is 0.0283. The van der Waals surface area contributed by atoms with Crippen LogP contribution in [0.15, 0.2) is 57.9 Å². The number of benzene rings is 2. The predicted molar refractivity (Wildman–Crippen MR) is 119 cm³/mol. The second-order valence-electron chi connectivity index (χ2n) is 7.81. The fourth-order valence-electron chi connectivity index (χ4n) is 3.76. The van der Waals surface area contributed by atoms with Gasteiger partial charge in [-0.3, -0.25) is 4.79 Å². The van der Waals surface area contributed by atoms with E-state index >= 15 is 0 Å². The van der Waals surface area contributed by atoms with Crippen molar-refractivity contribution in [2.24, 2.45) is 0 Å². The maximum atomic E-state index is 13.4. The molecule has 2 heterocycles. The van der Waals surface area contributed by atoms with E-state index in [4.69, 9.17) is 4.52 Å². The third kappa shape index (κ3) is 4.26. The number of piperazine rings is 1. The van der Waals surface area contributed by atoms with Gasteiger partial charge in [0.15, 0.2) is 11.5 Å². The first-order chi connectivity index (χ1) is 14.8. The zero-order valence-corrected chi connectivity index (χ0v) is 18.6. The molecule has 0 spiro atoms. The van der Waals surface area contributed by atoms with Gasteiger partial charge in [-0.2, -0.15) is 4.31 Å². The third-order valence-corrected chi connectivity index (χ3v) is 7.64. The number of carbonyl (C=O) groups excluding carboxylic acids is 1. The van der Waals surface area contributed by atoms with Crippen molar-refractivity contribution in [2.75, 3.05) is 31.1 Å². The van der Waals surface area contributed by atoms with Gasteiger partial charge in [-0.1, -0.05) is 17.3 Å². The van der Waals surface area contributed by atoms with E-state index in [1.54, 1.807) is 44.2 Å². The van der Waals surface area contributed by atoms with E-state index in [1.807, 2.05) is 25.1 Å². The van der Waals surface area contributed by atoms with Crippen LogP contribution in [0, 0.1) is 13.8 Å². The van der Waals surface area contributed by atoms with Gasteiger partial charge >= 0.3 is 0 Å². The van der Waals surface area contributed by atoms with Gasteiger partial charge in [0.05, 0.1) is 10.6 Å². The molecule has 2 aromatic carbocycles. The molecule has 31 heavy (non-hydrogen) atoms.